The maximum absolute atomic E-state index is 13.9. The summed E-state index contributed by atoms with van der Waals surface area (Å²) in [7, 11) is 0. The van der Waals surface area contributed by atoms with Crippen molar-refractivity contribution < 1.29 is 33.9 Å². The highest BCUT2D eigenvalue weighted by Gasteiger charge is 2.66. The molecule has 9 nitrogen and oxygen atoms in total. The molecule has 6 atom stereocenters. The van der Waals surface area contributed by atoms with Crippen LogP contribution >= 0.6 is 0 Å². The van der Waals surface area contributed by atoms with Crippen molar-refractivity contribution in [3.63, 3.8) is 0 Å². The molecule has 2 aliphatic heterocycles. The topological polar surface area (TPSA) is 130 Å². The van der Waals surface area contributed by atoms with Crippen molar-refractivity contribution in [1.29, 1.82) is 0 Å². The first kappa shape index (κ1) is 21.5. The average Bonchev–Trinajstić information content (AvgIpc) is 3.25. The molecule has 0 spiro atoms. The number of rotatable bonds is 3. The van der Waals surface area contributed by atoms with Gasteiger partial charge in [0.25, 0.3) is 5.69 Å². The van der Waals surface area contributed by atoms with Gasteiger partial charge in [-0.2, -0.15) is 0 Å². The summed E-state index contributed by atoms with van der Waals surface area (Å²) in [6.45, 7) is 1.73. The van der Waals surface area contributed by atoms with E-state index in [9.17, 15) is 34.3 Å². The first-order chi connectivity index (χ1) is 15.6. The predicted molar refractivity (Wildman–Crippen MR) is 111 cm³/mol. The van der Waals surface area contributed by atoms with Gasteiger partial charge in [0.1, 0.15) is 0 Å². The van der Waals surface area contributed by atoms with E-state index >= 15 is 0 Å². The molecule has 3 aliphatic rings. The number of aliphatic hydroxyl groups is 1. The summed E-state index contributed by atoms with van der Waals surface area (Å²) >= 11 is 0. The fourth-order valence-electron chi connectivity index (χ4n) is 5.58. The maximum Gasteiger partial charge on any atom is 0.271 e. The molecule has 2 aromatic carbocycles. The third kappa shape index (κ3) is 3.12. The van der Waals surface area contributed by atoms with Crippen LogP contribution in [-0.4, -0.2) is 32.7 Å². The second-order valence-corrected chi connectivity index (χ2v) is 8.97. The Kier molecular flexibility index (Phi) is 4.77. The summed E-state index contributed by atoms with van der Waals surface area (Å²) in [6.07, 6.45) is -0.357. The number of ether oxygens (including phenoxy) is 1. The summed E-state index contributed by atoms with van der Waals surface area (Å²) in [5.74, 6) is -6.82. The summed E-state index contributed by atoms with van der Waals surface area (Å²) in [4.78, 5) is 38.2. The Bertz CT molecular complexity index is 1190. The lowest BCUT2D eigenvalue weighted by atomic mass is 9.65. The third-order valence-corrected chi connectivity index (χ3v) is 7.20. The number of halogens is 1. The normalized spacial score (nSPS) is 33.2. The van der Waals surface area contributed by atoms with Crippen molar-refractivity contribution in [2.24, 2.45) is 23.7 Å². The van der Waals surface area contributed by atoms with Gasteiger partial charge in [0.2, 0.25) is 11.8 Å². The lowest BCUT2D eigenvalue weighted by Crippen LogP contribution is -2.52. The number of benzene rings is 2. The van der Waals surface area contributed by atoms with Gasteiger partial charge in [0, 0.05) is 24.0 Å². The highest BCUT2D eigenvalue weighted by molar-refractivity contribution is 6.22. The molecule has 0 aromatic heterocycles. The van der Waals surface area contributed by atoms with Crippen molar-refractivity contribution in [3.8, 4) is 5.75 Å². The number of non-ortho nitro benzene ring substituents is 1. The number of hydrogen-bond acceptors (Lipinski definition) is 7. The largest absolute Gasteiger partial charge is 0.505 e. The van der Waals surface area contributed by atoms with Crippen LogP contribution in [0.2, 0.25) is 0 Å². The fraction of sp³-hybridized carbons (Fsp3) is 0.391. The standard InChI is InChI=1S/C23H21FN2O7/c1-11-7-15-20(22(29)25(21(15)28)13-3-2-4-14(9-13)26(31)32)16-10-19(33-23(11,16)30)12-5-6-18(27)17(24)8-12/h2-6,8-9,11,15-16,19-20,27,30H,7,10H2,1H3/t11-,15-,16-,19-,20-,23+/m0/s1. The second kappa shape index (κ2) is 7.32. The molecule has 2 N–H and O–H groups in total. The Balaban J connectivity index is 1.50. The van der Waals surface area contributed by atoms with E-state index in [0.29, 0.717) is 5.56 Å². The summed E-state index contributed by atoms with van der Waals surface area (Å²) in [5, 5.41) is 32.1. The molecule has 172 valence electrons. The van der Waals surface area contributed by atoms with Gasteiger partial charge in [-0.1, -0.05) is 19.1 Å². The molecule has 0 radical (unpaired) electrons. The first-order valence-corrected chi connectivity index (χ1v) is 10.6. The second-order valence-electron chi connectivity index (χ2n) is 8.97. The van der Waals surface area contributed by atoms with Crippen LogP contribution in [0.1, 0.15) is 31.4 Å². The van der Waals surface area contributed by atoms with Gasteiger partial charge in [-0.15, -0.1) is 0 Å². The molecule has 0 bridgehead atoms. The van der Waals surface area contributed by atoms with Gasteiger partial charge in [0.05, 0.1) is 28.6 Å². The number of nitro groups is 1. The van der Waals surface area contributed by atoms with Gasteiger partial charge in [-0.25, -0.2) is 9.29 Å². The number of carbonyl (C=O) groups excluding carboxylic acids is 2. The van der Waals surface area contributed by atoms with E-state index in [1.54, 1.807) is 6.92 Å². The molecule has 2 amide bonds. The monoisotopic (exact) mass is 456 g/mol. The van der Waals surface area contributed by atoms with Crippen LogP contribution in [0, 0.1) is 39.6 Å². The Hall–Kier alpha value is -3.37. The molecule has 2 heterocycles. The molecule has 2 aromatic rings. The number of amides is 2. The zero-order chi connectivity index (χ0) is 23.7. The molecule has 2 saturated heterocycles. The predicted octanol–water partition coefficient (Wildman–Crippen LogP) is 3.05. The Morgan fingerprint density at radius 2 is 1.94 bits per heavy atom. The van der Waals surface area contributed by atoms with E-state index in [4.69, 9.17) is 4.74 Å². The van der Waals surface area contributed by atoms with E-state index < -0.39 is 63.9 Å². The van der Waals surface area contributed by atoms with Crippen LogP contribution in [0.3, 0.4) is 0 Å². The summed E-state index contributed by atoms with van der Waals surface area (Å²) in [5.41, 5.74) is 0.275. The number of fused-ring (bicyclic) bond motifs is 3. The lowest BCUT2D eigenvalue weighted by molar-refractivity contribution is -0.384. The molecule has 1 saturated carbocycles. The van der Waals surface area contributed by atoms with Crippen LogP contribution in [0.5, 0.6) is 5.75 Å². The number of phenolic OH excluding ortho intramolecular Hbond substituents is 1. The van der Waals surface area contributed by atoms with Gasteiger partial charge in [-0.05, 0) is 36.6 Å². The number of nitrogens with zero attached hydrogens (tertiary/aromatic N) is 2. The van der Waals surface area contributed by atoms with Crippen LogP contribution in [0.25, 0.3) is 0 Å². The summed E-state index contributed by atoms with van der Waals surface area (Å²) in [6, 6.07) is 9.12. The van der Waals surface area contributed by atoms with Crippen molar-refractivity contribution in [2.45, 2.75) is 31.7 Å². The minimum absolute atomic E-state index is 0.112. The number of carbonyl (C=O) groups is 2. The van der Waals surface area contributed by atoms with Gasteiger partial charge in [-0.3, -0.25) is 19.7 Å². The van der Waals surface area contributed by atoms with Crippen LogP contribution in [0.4, 0.5) is 15.8 Å². The zero-order valence-electron chi connectivity index (χ0n) is 17.6. The Morgan fingerprint density at radius 1 is 1.18 bits per heavy atom. The SMILES string of the molecule is C[C@H]1C[C@@H]2C(=O)N(c3cccc([N+](=O)[O-])c3)C(=O)[C@@H]2[C@@H]2C[C@@H](c3ccc(O)c(F)c3)O[C@]12O. The number of anilines is 1. The summed E-state index contributed by atoms with van der Waals surface area (Å²) < 4.78 is 19.9. The van der Waals surface area contributed by atoms with E-state index in [1.165, 1.54) is 36.4 Å². The molecule has 10 heteroatoms. The first-order valence-electron chi connectivity index (χ1n) is 10.6. The number of aromatic hydroxyl groups is 1. The van der Waals surface area contributed by atoms with E-state index in [-0.39, 0.29) is 24.2 Å². The maximum atomic E-state index is 13.9. The molecule has 1 aliphatic carbocycles. The quantitative estimate of drug-likeness (QED) is 0.412. The van der Waals surface area contributed by atoms with Crippen molar-refractivity contribution in [3.05, 3.63) is 64.0 Å². The number of phenols is 1. The molecular formula is C23H21FN2O7. The van der Waals surface area contributed by atoms with Crippen LogP contribution in [-0.2, 0) is 14.3 Å². The molecular weight excluding hydrogens is 435 g/mol. The number of nitro benzene ring substituents is 1. The van der Waals surface area contributed by atoms with Gasteiger partial charge >= 0.3 is 0 Å². The molecule has 3 fully saturated rings. The number of hydrogen-bond donors (Lipinski definition) is 2. The Labute approximate surface area is 187 Å². The van der Waals surface area contributed by atoms with Crippen LogP contribution in [0.15, 0.2) is 42.5 Å². The highest BCUT2D eigenvalue weighted by atomic mass is 19.1. The van der Waals surface area contributed by atoms with Crippen molar-refractivity contribution in [2.75, 3.05) is 4.90 Å². The number of imide groups is 1. The van der Waals surface area contributed by atoms with Crippen molar-refractivity contribution in [1.82, 2.24) is 0 Å². The molecule has 33 heavy (non-hydrogen) atoms. The fourth-order valence-corrected chi connectivity index (χ4v) is 5.58. The third-order valence-electron chi connectivity index (χ3n) is 7.20. The highest BCUT2D eigenvalue weighted by Crippen LogP contribution is 2.58. The van der Waals surface area contributed by atoms with Crippen molar-refractivity contribution >= 4 is 23.2 Å². The average molecular weight is 456 g/mol. The zero-order valence-corrected chi connectivity index (χ0v) is 17.6. The minimum atomic E-state index is -1.70. The molecule has 0 unspecified atom stereocenters. The molecule has 5 rings (SSSR count). The van der Waals surface area contributed by atoms with E-state index in [2.05, 4.69) is 0 Å². The van der Waals surface area contributed by atoms with Gasteiger partial charge < -0.3 is 14.9 Å². The minimum Gasteiger partial charge on any atom is -0.505 e. The van der Waals surface area contributed by atoms with E-state index in [1.807, 2.05) is 0 Å². The van der Waals surface area contributed by atoms with E-state index in [0.717, 1.165) is 11.0 Å². The van der Waals surface area contributed by atoms with Crippen LogP contribution < -0.4 is 4.90 Å². The smallest absolute Gasteiger partial charge is 0.271 e. The van der Waals surface area contributed by atoms with Gasteiger partial charge in [0.15, 0.2) is 17.4 Å². The lowest BCUT2D eigenvalue weighted by Gasteiger charge is -2.43. The Morgan fingerprint density at radius 3 is 2.64 bits per heavy atom.